The molecular formula is C26H26FN3O3S. The van der Waals surface area contributed by atoms with Gasteiger partial charge in [0.25, 0.3) is 5.91 Å². The Kier molecular flexibility index (Phi) is 6.10. The highest BCUT2D eigenvalue weighted by atomic mass is 32.2. The average molecular weight is 480 g/mol. The van der Waals surface area contributed by atoms with E-state index in [9.17, 15) is 17.6 Å². The van der Waals surface area contributed by atoms with Gasteiger partial charge in [-0.05, 0) is 73.0 Å². The first-order chi connectivity index (χ1) is 16.4. The van der Waals surface area contributed by atoms with Gasteiger partial charge in [0.1, 0.15) is 5.82 Å². The SMILES string of the molecule is O=C(c1ccc(F)cc1)N1CCCc2cc(S(=O)(=O)N3CCN(c4ccccc4)CC3)ccc21. The Morgan fingerprint density at radius 3 is 2.24 bits per heavy atom. The molecule has 0 radical (unpaired) electrons. The molecule has 5 rings (SSSR count). The molecule has 0 aromatic heterocycles. The number of hydrogen-bond donors (Lipinski definition) is 0. The number of benzene rings is 3. The molecule has 8 heteroatoms. The Morgan fingerprint density at radius 2 is 1.53 bits per heavy atom. The lowest BCUT2D eigenvalue weighted by molar-refractivity contribution is 0.0985. The molecule has 0 spiro atoms. The third-order valence-electron chi connectivity index (χ3n) is 6.50. The van der Waals surface area contributed by atoms with Crippen molar-refractivity contribution < 1.29 is 17.6 Å². The van der Waals surface area contributed by atoms with Crippen LogP contribution in [0.5, 0.6) is 0 Å². The van der Waals surface area contributed by atoms with Crippen LogP contribution in [-0.2, 0) is 16.4 Å². The predicted octanol–water partition coefficient (Wildman–Crippen LogP) is 3.93. The van der Waals surface area contributed by atoms with Gasteiger partial charge >= 0.3 is 0 Å². The van der Waals surface area contributed by atoms with Crippen molar-refractivity contribution in [2.24, 2.45) is 0 Å². The summed E-state index contributed by atoms with van der Waals surface area (Å²) < 4.78 is 41.6. The average Bonchev–Trinajstić information content (AvgIpc) is 2.88. The third-order valence-corrected chi connectivity index (χ3v) is 8.40. The van der Waals surface area contributed by atoms with Crippen LogP contribution < -0.4 is 9.80 Å². The summed E-state index contributed by atoms with van der Waals surface area (Å²) in [6, 6.07) is 20.5. The van der Waals surface area contributed by atoms with E-state index in [2.05, 4.69) is 4.90 Å². The Hall–Kier alpha value is -3.23. The Balaban J connectivity index is 1.34. The monoisotopic (exact) mass is 479 g/mol. The molecule has 0 bridgehead atoms. The van der Waals surface area contributed by atoms with Crippen LogP contribution in [0.3, 0.4) is 0 Å². The zero-order chi connectivity index (χ0) is 23.7. The number of carbonyl (C=O) groups is 1. The maximum Gasteiger partial charge on any atom is 0.258 e. The first kappa shape index (κ1) is 22.6. The van der Waals surface area contributed by atoms with Crippen LogP contribution in [-0.4, -0.2) is 51.4 Å². The van der Waals surface area contributed by atoms with Crippen molar-refractivity contribution in [1.29, 1.82) is 0 Å². The lowest BCUT2D eigenvalue weighted by Gasteiger charge is -2.35. The Bertz CT molecular complexity index is 1290. The smallest absolute Gasteiger partial charge is 0.258 e. The van der Waals surface area contributed by atoms with Gasteiger partial charge in [-0.1, -0.05) is 18.2 Å². The summed E-state index contributed by atoms with van der Waals surface area (Å²) in [5, 5.41) is 0. The van der Waals surface area contributed by atoms with E-state index in [1.807, 2.05) is 30.3 Å². The maximum atomic E-state index is 13.4. The van der Waals surface area contributed by atoms with Crippen LogP contribution in [0.2, 0.25) is 0 Å². The van der Waals surface area contributed by atoms with Gasteiger partial charge in [0.15, 0.2) is 0 Å². The first-order valence-corrected chi connectivity index (χ1v) is 12.9. The van der Waals surface area contributed by atoms with Gasteiger partial charge in [0.2, 0.25) is 10.0 Å². The maximum absolute atomic E-state index is 13.4. The molecule has 3 aromatic rings. The zero-order valence-electron chi connectivity index (χ0n) is 18.7. The fourth-order valence-corrected chi connectivity index (χ4v) is 6.14. The number of sulfonamides is 1. The van der Waals surface area contributed by atoms with Crippen molar-refractivity contribution in [3.63, 3.8) is 0 Å². The van der Waals surface area contributed by atoms with Crippen LogP contribution in [0.4, 0.5) is 15.8 Å². The van der Waals surface area contributed by atoms with Crippen LogP contribution in [0.1, 0.15) is 22.3 Å². The van der Waals surface area contributed by atoms with E-state index in [0.717, 1.165) is 17.7 Å². The fraction of sp³-hybridized carbons (Fsp3) is 0.269. The fourth-order valence-electron chi connectivity index (χ4n) is 4.67. The van der Waals surface area contributed by atoms with Gasteiger partial charge in [-0.3, -0.25) is 4.79 Å². The molecule has 176 valence electrons. The number of hydrogen-bond acceptors (Lipinski definition) is 4. The van der Waals surface area contributed by atoms with Crippen molar-refractivity contribution in [2.75, 3.05) is 42.5 Å². The van der Waals surface area contributed by atoms with E-state index in [1.165, 1.54) is 24.3 Å². The van der Waals surface area contributed by atoms with E-state index in [1.54, 1.807) is 27.4 Å². The van der Waals surface area contributed by atoms with E-state index in [-0.39, 0.29) is 10.8 Å². The van der Waals surface area contributed by atoms with Crippen molar-refractivity contribution in [3.05, 3.63) is 89.7 Å². The zero-order valence-corrected chi connectivity index (χ0v) is 19.5. The third kappa shape index (κ3) is 4.31. The van der Waals surface area contributed by atoms with Crippen molar-refractivity contribution >= 4 is 27.3 Å². The minimum absolute atomic E-state index is 0.214. The normalized spacial score (nSPS) is 16.9. The molecule has 0 saturated carbocycles. The molecule has 0 atom stereocenters. The lowest BCUT2D eigenvalue weighted by atomic mass is 10.0. The molecule has 0 aliphatic carbocycles. The van der Waals surface area contributed by atoms with E-state index >= 15 is 0 Å². The standard InChI is InChI=1S/C26H26FN3O3S/c27-22-10-8-20(9-11-22)26(31)30-14-4-5-21-19-24(12-13-25(21)30)34(32,33)29-17-15-28(16-18-29)23-6-2-1-3-7-23/h1-3,6-13,19H,4-5,14-18H2. The van der Waals surface area contributed by atoms with Gasteiger partial charge in [0, 0.05) is 49.7 Å². The largest absolute Gasteiger partial charge is 0.369 e. The van der Waals surface area contributed by atoms with Crippen LogP contribution in [0.25, 0.3) is 0 Å². The summed E-state index contributed by atoms with van der Waals surface area (Å²) in [4.78, 5) is 17.1. The minimum atomic E-state index is -3.63. The first-order valence-electron chi connectivity index (χ1n) is 11.4. The topological polar surface area (TPSA) is 60.9 Å². The number of piperazine rings is 1. The number of aryl methyl sites for hydroxylation is 1. The number of nitrogens with zero attached hydrogens (tertiary/aromatic N) is 3. The summed E-state index contributed by atoms with van der Waals surface area (Å²) in [6.07, 6.45) is 1.44. The number of anilines is 2. The Labute approximate surface area is 199 Å². The van der Waals surface area contributed by atoms with Gasteiger partial charge in [-0.2, -0.15) is 4.31 Å². The van der Waals surface area contributed by atoms with Crippen LogP contribution in [0, 0.1) is 5.82 Å². The quantitative estimate of drug-likeness (QED) is 0.569. The van der Waals surface area contributed by atoms with Crippen molar-refractivity contribution in [3.8, 4) is 0 Å². The molecule has 0 unspecified atom stereocenters. The van der Waals surface area contributed by atoms with E-state index in [4.69, 9.17) is 0 Å². The van der Waals surface area contributed by atoms with Gasteiger partial charge in [-0.15, -0.1) is 0 Å². The summed E-state index contributed by atoms with van der Waals surface area (Å²) in [5.74, 6) is -0.608. The number of carbonyl (C=O) groups excluding carboxylic acids is 1. The van der Waals surface area contributed by atoms with Gasteiger partial charge in [0.05, 0.1) is 4.90 Å². The Morgan fingerprint density at radius 1 is 0.824 bits per heavy atom. The summed E-state index contributed by atoms with van der Waals surface area (Å²) in [5.41, 5.74) is 3.06. The minimum Gasteiger partial charge on any atom is -0.369 e. The van der Waals surface area contributed by atoms with Gasteiger partial charge in [-0.25, -0.2) is 12.8 Å². The second-order valence-electron chi connectivity index (χ2n) is 8.58. The molecule has 6 nitrogen and oxygen atoms in total. The lowest BCUT2D eigenvalue weighted by Crippen LogP contribution is -2.48. The summed E-state index contributed by atoms with van der Waals surface area (Å²) >= 11 is 0. The van der Waals surface area contributed by atoms with E-state index < -0.39 is 15.8 Å². The highest BCUT2D eigenvalue weighted by Gasteiger charge is 2.31. The molecule has 2 heterocycles. The van der Waals surface area contributed by atoms with Crippen molar-refractivity contribution in [1.82, 2.24) is 4.31 Å². The molecule has 2 aliphatic rings. The number of amides is 1. The molecule has 1 fully saturated rings. The molecule has 3 aromatic carbocycles. The number of halogens is 1. The molecule has 2 aliphatic heterocycles. The van der Waals surface area contributed by atoms with E-state index in [0.29, 0.717) is 50.4 Å². The number of fused-ring (bicyclic) bond motifs is 1. The number of rotatable bonds is 4. The van der Waals surface area contributed by atoms with Crippen LogP contribution >= 0.6 is 0 Å². The predicted molar refractivity (Wildman–Crippen MR) is 130 cm³/mol. The van der Waals surface area contributed by atoms with Crippen LogP contribution in [0.15, 0.2) is 77.7 Å². The van der Waals surface area contributed by atoms with Gasteiger partial charge < -0.3 is 9.80 Å². The molecular weight excluding hydrogens is 453 g/mol. The second-order valence-corrected chi connectivity index (χ2v) is 10.5. The summed E-state index contributed by atoms with van der Waals surface area (Å²) in [7, 11) is -3.63. The molecule has 0 N–H and O–H groups in total. The summed E-state index contributed by atoms with van der Waals surface area (Å²) in [6.45, 7) is 2.64. The highest BCUT2D eigenvalue weighted by molar-refractivity contribution is 7.89. The molecule has 1 saturated heterocycles. The molecule has 34 heavy (non-hydrogen) atoms. The molecule has 1 amide bonds. The highest BCUT2D eigenvalue weighted by Crippen LogP contribution is 2.32. The second kappa shape index (κ2) is 9.19. The van der Waals surface area contributed by atoms with Crippen molar-refractivity contribution in [2.45, 2.75) is 17.7 Å². The number of para-hydroxylation sites is 1.